The number of hydrazine groups is 1. The fraction of sp³-hybridized carbons (Fsp3) is 0.417. The summed E-state index contributed by atoms with van der Waals surface area (Å²) in [6.45, 7) is 2.06. The number of rotatable bonds is 5. The Balaban J connectivity index is 2.04. The van der Waals surface area contributed by atoms with Crippen molar-refractivity contribution in [2.45, 2.75) is 30.8 Å². The van der Waals surface area contributed by atoms with Gasteiger partial charge in [0.05, 0.1) is 0 Å². The van der Waals surface area contributed by atoms with Gasteiger partial charge in [-0.3, -0.25) is 4.40 Å². The fourth-order valence-electron chi connectivity index (χ4n) is 2.42. The molecule has 2 aromatic rings. The molecule has 1 fully saturated rings. The van der Waals surface area contributed by atoms with Crippen LogP contribution in [0.4, 0.5) is 5.82 Å². The van der Waals surface area contributed by atoms with E-state index in [1.807, 2.05) is 0 Å². The molecule has 0 aromatic carbocycles. The topological polar surface area (TPSA) is 102 Å². The molecule has 1 aliphatic rings. The third-order valence-electron chi connectivity index (χ3n) is 3.63. The highest BCUT2D eigenvalue weighted by Crippen LogP contribution is 2.35. The van der Waals surface area contributed by atoms with E-state index < -0.39 is 10.0 Å². The lowest BCUT2D eigenvalue weighted by atomic mass is 10.3. The highest BCUT2D eigenvalue weighted by Gasteiger charge is 2.40. The molecule has 0 amide bonds. The van der Waals surface area contributed by atoms with E-state index in [1.54, 1.807) is 24.4 Å². The van der Waals surface area contributed by atoms with Crippen molar-refractivity contribution >= 4 is 21.5 Å². The molecule has 2 unspecified atom stereocenters. The van der Waals surface area contributed by atoms with Crippen molar-refractivity contribution in [3.8, 4) is 0 Å². The van der Waals surface area contributed by atoms with Crippen LogP contribution in [0.25, 0.3) is 5.65 Å². The van der Waals surface area contributed by atoms with Crippen LogP contribution >= 0.6 is 0 Å². The van der Waals surface area contributed by atoms with Gasteiger partial charge in [-0.1, -0.05) is 19.4 Å². The van der Waals surface area contributed by atoms with E-state index in [0.29, 0.717) is 11.6 Å². The van der Waals surface area contributed by atoms with Crippen LogP contribution in [-0.4, -0.2) is 23.8 Å². The SMILES string of the molecule is CCC1CC1NS(=O)(=O)c1c(NN)nc2ccccn12. The normalized spacial score (nSPS) is 22.1. The van der Waals surface area contributed by atoms with Gasteiger partial charge in [0.15, 0.2) is 10.8 Å². The molecule has 20 heavy (non-hydrogen) atoms. The lowest BCUT2D eigenvalue weighted by Gasteiger charge is -2.07. The van der Waals surface area contributed by atoms with Crippen LogP contribution in [0.2, 0.25) is 0 Å². The Labute approximate surface area is 117 Å². The third kappa shape index (κ3) is 2.15. The van der Waals surface area contributed by atoms with Crippen LogP contribution in [0, 0.1) is 5.92 Å². The maximum Gasteiger partial charge on any atom is 0.260 e. The van der Waals surface area contributed by atoms with E-state index in [2.05, 4.69) is 22.1 Å². The second kappa shape index (κ2) is 4.72. The molecule has 1 saturated carbocycles. The van der Waals surface area contributed by atoms with Crippen molar-refractivity contribution in [3.63, 3.8) is 0 Å². The van der Waals surface area contributed by atoms with E-state index in [-0.39, 0.29) is 16.9 Å². The summed E-state index contributed by atoms with van der Waals surface area (Å²) in [5.74, 6) is 5.97. The summed E-state index contributed by atoms with van der Waals surface area (Å²) in [4.78, 5) is 4.17. The Morgan fingerprint density at radius 1 is 1.50 bits per heavy atom. The van der Waals surface area contributed by atoms with E-state index in [4.69, 9.17) is 5.84 Å². The van der Waals surface area contributed by atoms with E-state index in [1.165, 1.54) is 4.40 Å². The van der Waals surface area contributed by atoms with E-state index >= 15 is 0 Å². The second-order valence-corrected chi connectivity index (χ2v) is 6.60. The number of pyridine rings is 1. The molecular weight excluding hydrogens is 278 g/mol. The van der Waals surface area contributed by atoms with Gasteiger partial charge in [-0.25, -0.2) is 24.0 Å². The molecule has 2 heterocycles. The van der Waals surface area contributed by atoms with Gasteiger partial charge >= 0.3 is 0 Å². The number of fused-ring (bicyclic) bond motifs is 1. The van der Waals surface area contributed by atoms with Crippen LogP contribution in [0.5, 0.6) is 0 Å². The first-order valence-corrected chi connectivity index (χ1v) is 8.01. The predicted octanol–water partition coefficient (Wildman–Crippen LogP) is 0.697. The van der Waals surface area contributed by atoms with Crippen LogP contribution in [0.15, 0.2) is 29.4 Å². The molecule has 4 N–H and O–H groups in total. The Morgan fingerprint density at radius 3 is 2.95 bits per heavy atom. The maximum atomic E-state index is 12.5. The number of nitrogens with one attached hydrogen (secondary N) is 2. The van der Waals surface area contributed by atoms with Gasteiger partial charge in [-0.05, 0) is 24.5 Å². The average Bonchev–Trinajstić information content (AvgIpc) is 3.04. The monoisotopic (exact) mass is 295 g/mol. The number of sulfonamides is 1. The first-order valence-electron chi connectivity index (χ1n) is 6.53. The zero-order valence-electron chi connectivity index (χ0n) is 11.1. The minimum atomic E-state index is -3.66. The number of nitrogen functional groups attached to an aromatic ring is 1. The van der Waals surface area contributed by atoms with Gasteiger partial charge in [0.2, 0.25) is 0 Å². The molecule has 2 atom stereocenters. The molecule has 2 aromatic heterocycles. The number of imidazole rings is 1. The van der Waals surface area contributed by atoms with Gasteiger partial charge < -0.3 is 5.43 Å². The molecule has 0 spiro atoms. The molecular formula is C12H17N5O2S. The van der Waals surface area contributed by atoms with Crippen molar-refractivity contribution in [1.82, 2.24) is 14.1 Å². The van der Waals surface area contributed by atoms with Crippen molar-refractivity contribution in [3.05, 3.63) is 24.4 Å². The maximum absolute atomic E-state index is 12.5. The average molecular weight is 295 g/mol. The fourth-order valence-corrected chi connectivity index (χ4v) is 3.99. The number of hydrogen-bond acceptors (Lipinski definition) is 5. The van der Waals surface area contributed by atoms with Crippen LogP contribution in [-0.2, 0) is 10.0 Å². The van der Waals surface area contributed by atoms with Crippen molar-refractivity contribution in [1.29, 1.82) is 0 Å². The first-order chi connectivity index (χ1) is 9.56. The Hall–Kier alpha value is -1.64. The number of nitrogens with zero attached hydrogens (tertiary/aromatic N) is 2. The summed E-state index contributed by atoms with van der Waals surface area (Å²) in [7, 11) is -3.66. The summed E-state index contributed by atoms with van der Waals surface area (Å²) >= 11 is 0. The van der Waals surface area contributed by atoms with E-state index in [9.17, 15) is 8.42 Å². The molecule has 0 aliphatic heterocycles. The van der Waals surface area contributed by atoms with Gasteiger partial charge in [0, 0.05) is 12.2 Å². The minimum absolute atomic E-state index is 0.0184. The lowest BCUT2D eigenvalue weighted by Crippen LogP contribution is -2.29. The van der Waals surface area contributed by atoms with Crippen molar-refractivity contribution < 1.29 is 8.42 Å². The summed E-state index contributed by atoms with van der Waals surface area (Å²) < 4.78 is 29.3. The molecule has 108 valence electrons. The lowest BCUT2D eigenvalue weighted by molar-refractivity contribution is 0.571. The molecule has 0 saturated heterocycles. The van der Waals surface area contributed by atoms with Crippen LogP contribution in [0.3, 0.4) is 0 Å². The molecule has 1 aliphatic carbocycles. The molecule has 7 nitrogen and oxygen atoms in total. The zero-order valence-corrected chi connectivity index (χ0v) is 11.9. The summed E-state index contributed by atoms with van der Waals surface area (Å²) in [5, 5.41) is 0.0531. The molecule has 0 bridgehead atoms. The zero-order chi connectivity index (χ0) is 14.3. The number of aromatic nitrogens is 2. The minimum Gasteiger partial charge on any atom is -0.306 e. The Kier molecular flexibility index (Phi) is 3.15. The molecule has 3 rings (SSSR count). The van der Waals surface area contributed by atoms with Gasteiger partial charge in [0.25, 0.3) is 10.0 Å². The highest BCUT2D eigenvalue weighted by molar-refractivity contribution is 7.89. The van der Waals surface area contributed by atoms with Crippen molar-refractivity contribution in [2.24, 2.45) is 11.8 Å². The predicted molar refractivity (Wildman–Crippen MR) is 75.5 cm³/mol. The number of hydrogen-bond donors (Lipinski definition) is 3. The largest absolute Gasteiger partial charge is 0.306 e. The quantitative estimate of drug-likeness (QED) is 0.556. The summed E-state index contributed by atoms with van der Waals surface area (Å²) in [6.07, 6.45) is 3.52. The standard InChI is InChI=1S/C12H17N5O2S/c1-2-8-7-9(8)16-20(18,19)12-11(15-13)14-10-5-3-4-6-17(10)12/h3-6,8-9,15-16H,2,7,13H2,1H3. The smallest absolute Gasteiger partial charge is 0.260 e. The van der Waals surface area contributed by atoms with Crippen LogP contribution < -0.4 is 16.0 Å². The Morgan fingerprint density at radius 2 is 2.30 bits per heavy atom. The Bertz CT molecular complexity index is 739. The number of anilines is 1. The molecule has 0 radical (unpaired) electrons. The van der Waals surface area contributed by atoms with Gasteiger partial charge in [-0.2, -0.15) is 0 Å². The summed E-state index contributed by atoms with van der Waals surface area (Å²) in [5.41, 5.74) is 2.89. The highest BCUT2D eigenvalue weighted by atomic mass is 32.2. The van der Waals surface area contributed by atoms with Gasteiger partial charge in [-0.15, -0.1) is 0 Å². The van der Waals surface area contributed by atoms with Crippen molar-refractivity contribution in [2.75, 3.05) is 5.43 Å². The van der Waals surface area contributed by atoms with Gasteiger partial charge in [0.1, 0.15) is 5.65 Å². The number of nitrogens with two attached hydrogens (primary N) is 1. The van der Waals surface area contributed by atoms with E-state index in [0.717, 1.165) is 12.8 Å². The third-order valence-corrected chi connectivity index (χ3v) is 5.14. The first kappa shape index (κ1) is 13.3. The summed E-state index contributed by atoms with van der Waals surface area (Å²) in [6, 6.07) is 5.29. The van der Waals surface area contributed by atoms with Crippen LogP contribution in [0.1, 0.15) is 19.8 Å². The molecule has 8 heteroatoms. The second-order valence-electron chi connectivity index (χ2n) is 4.97.